The molecule has 3 nitrogen and oxygen atoms in total. The lowest BCUT2D eigenvalue weighted by molar-refractivity contribution is 0.183. The molecular formula is C12H16N2O. The second kappa shape index (κ2) is 4.08. The molecule has 2 rings (SSSR count). The molecule has 1 aromatic heterocycles. The monoisotopic (exact) mass is 204 g/mol. The molecule has 1 aromatic rings. The van der Waals surface area contributed by atoms with Crippen LogP contribution in [-0.2, 0) is 6.42 Å². The molecule has 1 atom stereocenters. The molecule has 2 heterocycles. The summed E-state index contributed by atoms with van der Waals surface area (Å²) in [6.07, 6.45) is 4.75. The Morgan fingerprint density at radius 1 is 1.53 bits per heavy atom. The van der Waals surface area contributed by atoms with Crippen LogP contribution >= 0.6 is 0 Å². The van der Waals surface area contributed by atoms with E-state index >= 15 is 0 Å². The van der Waals surface area contributed by atoms with Gasteiger partial charge < -0.3 is 4.42 Å². The van der Waals surface area contributed by atoms with Crippen LogP contribution in [-0.4, -0.2) is 23.5 Å². The smallest absolute Gasteiger partial charge is 0.113 e. The van der Waals surface area contributed by atoms with Crippen LogP contribution in [0.15, 0.2) is 22.8 Å². The summed E-state index contributed by atoms with van der Waals surface area (Å²) in [6, 6.07) is 6.23. The van der Waals surface area contributed by atoms with Crippen LogP contribution < -0.4 is 0 Å². The van der Waals surface area contributed by atoms with E-state index in [1.807, 2.05) is 19.1 Å². The lowest BCUT2D eigenvalue weighted by Gasteiger charge is -2.31. The molecule has 0 radical (unpaired) electrons. The average Bonchev–Trinajstić information content (AvgIpc) is 2.89. The summed E-state index contributed by atoms with van der Waals surface area (Å²) in [5, 5.41) is 9.31. The number of nitrogens with zero attached hydrogens (tertiary/aromatic N) is 2. The predicted molar refractivity (Wildman–Crippen MR) is 57.2 cm³/mol. The summed E-state index contributed by atoms with van der Waals surface area (Å²) in [7, 11) is 0. The van der Waals surface area contributed by atoms with E-state index in [0.29, 0.717) is 6.42 Å². The van der Waals surface area contributed by atoms with Crippen molar-refractivity contribution in [3.63, 3.8) is 0 Å². The van der Waals surface area contributed by atoms with Crippen molar-refractivity contribution in [3.05, 3.63) is 24.2 Å². The first-order chi connectivity index (χ1) is 7.24. The molecule has 1 aliphatic heterocycles. The van der Waals surface area contributed by atoms with Gasteiger partial charge in [-0.3, -0.25) is 4.90 Å². The van der Waals surface area contributed by atoms with E-state index in [1.54, 1.807) is 6.26 Å². The van der Waals surface area contributed by atoms with Gasteiger partial charge in [-0.2, -0.15) is 5.26 Å². The summed E-state index contributed by atoms with van der Waals surface area (Å²) < 4.78 is 5.31. The van der Waals surface area contributed by atoms with Gasteiger partial charge >= 0.3 is 0 Å². The van der Waals surface area contributed by atoms with E-state index in [0.717, 1.165) is 18.8 Å². The number of rotatable bonds is 3. The second-order valence-corrected chi connectivity index (χ2v) is 4.34. The molecule has 0 amide bonds. The van der Waals surface area contributed by atoms with Crippen molar-refractivity contribution in [3.8, 4) is 6.07 Å². The van der Waals surface area contributed by atoms with Crippen LogP contribution in [0.4, 0.5) is 0 Å². The highest BCUT2D eigenvalue weighted by molar-refractivity contribution is 5.14. The molecule has 1 unspecified atom stereocenters. The molecular weight excluding hydrogens is 188 g/mol. The third kappa shape index (κ3) is 2.05. The Bertz CT molecular complexity index is 346. The van der Waals surface area contributed by atoms with Crippen LogP contribution in [0, 0.1) is 11.3 Å². The highest BCUT2D eigenvalue weighted by atomic mass is 16.3. The van der Waals surface area contributed by atoms with Gasteiger partial charge in [0.2, 0.25) is 0 Å². The van der Waals surface area contributed by atoms with Crippen molar-refractivity contribution in [1.82, 2.24) is 4.90 Å². The molecule has 0 aromatic carbocycles. The van der Waals surface area contributed by atoms with Gasteiger partial charge in [0.25, 0.3) is 0 Å². The fourth-order valence-electron chi connectivity index (χ4n) is 2.19. The van der Waals surface area contributed by atoms with Crippen molar-refractivity contribution < 1.29 is 4.42 Å². The van der Waals surface area contributed by atoms with Gasteiger partial charge in [0.05, 0.1) is 12.3 Å². The quantitative estimate of drug-likeness (QED) is 0.757. The number of hydrogen-bond donors (Lipinski definition) is 0. The van der Waals surface area contributed by atoms with Gasteiger partial charge in [0.15, 0.2) is 0 Å². The summed E-state index contributed by atoms with van der Waals surface area (Å²) in [5.74, 6) is 0.894. The van der Waals surface area contributed by atoms with Gasteiger partial charge in [-0.15, -0.1) is 0 Å². The molecule has 15 heavy (non-hydrogen) atoms. The minimum Gasteiger partial charge on any atom is -0.469 e. The highest BCUT2D eigenvalue weighted by Gasteiger charge is 2.34. The van der Waals surface area contributed by atoms with Gasteiger partial charge in [0.1, 0.15) is 11.3 Å². The topological polar surface area (TPSA) is 40.2 Å². The van der Waals surface area contributed by atoms with E-state index in [4.69, 9.17) is 4.42 Å². The third-order valence-electron chi connectivity index (χ3n) is 3.14. The zero-order valence-corrected chi connectivity index (χ0v) is 9.07. The summed E-state index contributed by atoms with van der Waals surface area (Å²) >= 11 is 0. The standard InChI is InChI=1S/C12H16N2O/c1-12(10-13,14-6-2-3-7-14)9-11-5-4-8-15-11/h4-5,8H,2-3,6-7,9H2,1H3. The minimum absolute atomic E-state index is 0.408. The van der Waals surface area contributed by atoms with Crippen LogP contribution in [0.2, 0.25) is 0 Å². The Morgan fingerprint density at radius 3 is 2.80 bits per heavy atom. The average molecular weight is 204 g/mol. The molecule has 0 bridgehead atoms. The molecule has 80 valence electrons. The first-order valence-corrected chi connectivity index (χ1v) is 5.43. The lowest BCUT2D eigenvalue weighted by atomic mass is 9.96. The SMILES string of the molecule is CC(C#N)(Cc1ccco1)N1CCCC1. The largest absolute Gasteiger partial charge is 0.469 e. The maximum atomic E-state index is 9.31. The van der Waals surface area contributed by atoms with E-state index in [-0.39, 0.29) is 0 Å². The maximum Gasteiger partial charge on any atom is 0.113 e. The molecule has 1 fully saturated rings. The number of furan rings is 1. The zero-order valence-electron chi connectivity index (χ0n) is 9.07. The Balaban J connectivity index is 2.11. The molecule has 1 aliphatic rings. The predicted octanol–water partition coefficient (Wildman–Crippen LogP) is 2.20. The van der Waals surface area contributed by atoms with Crippen LogP contribution in [0.5, 0.6) is 0 Å². The van der Waals surface area contributed by atoms with Crippen LogP contribution in [0.25, 0.3) is 0 Å². The van der Waals surface area contributed by atoms with Crippen molar-refractivity contribution in [1.29, 1.82) is 5.26 Å². The highest BCUT2D eigenvalue weighted by Crippen LogP contribution is 2.24. The molecule has 0 spiro atoms. The van der Waals surface area contributed by atoms with Gasteiger partial charge in [-0.1, -0.05) is 0 Å². The van der Waals surface area contributed by atoms with Crippen molar-refractivity contribution >= 4 is 0 Å². The molecule has 0 N–H and O–H groups in total. The minimum atomic E-state index is -0.408. The van der Waals surface area contributed by atoms with Crippen molar-refractivity contribution in [2.24, 2.45) is 0 Å². The Morgan fingerprint density at radius 2 is 2.27 bits per heavy atom. The van der Waals surface area contributed by atoms with Gasteiger partial charge in [-0.25, -0.2) is 0 Å². The molecule has 3 heteroatoms. The van der Waals surface area contributed by atoms with E-state index in [2.05, 4.69) is 11.0 Å². The third-order valence-corrected chi connectivity index (χ3v) is 3.14. The zero-order chi connectivity index (χ0) is 10.7. The first-order valence-electron chi connectivity index (χ1n) is 5.43. The van der Waals surface area contributed by atoms with E-state index in [1.165, 1.54) is 12.8 Å². The Labute approximate surface area is 90.3 Å². The van der Waals surface area contributed by atoms with Crippen LogP contribution in [0.3, 0.4) is 0 Å². The molecule has 0 aliphatic carbocycles. The van der Waals surface area contributed by atoms with Gasteiger partial charge in [0, 0.05) is 6.42 Å². The molecule has 1 saturated heterocycles. The summed E-state index contributed by atoms with van der Waals surface area (Å²) in [5.41, 5.74) is -0.408. The molecule has 0 saturated carbocycles. The fourth-order valence-corrected chi connectivity index (χ4v) is 2.19. The lowest BCUT2D eigenvalue weighted by Crippen LogP contribution is -2.45. The van der Waals surface area contributed by atoms with Crippen molar-refractivity contribution in [2.45, 2.75) is 31.7 Å². The Hall–Kier alpha value is -1.27. The van der Waals surface area contributed by atoms with Gasteiger partial charge in [-0.05, 0) is 45.0 Å². The van der Waals surface area contributed by atoms with Crippen molar-refractivity contribution in [2.75, 3.05) is 13.1 Å². The maximum absolute atomic E-state index is 9.31. The first kappa shape index (κ1) is 10.3. The number of nitriles is 1. The Kier molecular flexibility index (Phi) is 2.79. The second-order valence-electron chi connectivity index (χ2n) is 4.34. The summed E-state index contributed by atoms with van der Waals surface area (Å²) in [4.78, 5) is 2.26. The fraction of sp³-hybridized carbons (Fsp3) is 0.583. The normalized spacial score (nSPS) is 21.1. The van der Waals surface area contributed by atoms with E-state index < -0.39 is 5.54 Å². The van der Waals surface area contributed by atoms with Crippen LogP contribution in [0.1, 0.15) is 25.5 Å². The number of likely N-dealkylation sites (tertiary alicyclic amines) is 1. The summed E-state index contributed by atoms with van der Waals surface area (Å²) in [6.45, 7) is 4.07. The van der Waals surface area contributed by atoms with E-state index in [9.17, 15) is 5.26 Å². The number of hydrogen-bond acceptors (Lipinski definition) is 3.